The molecule has 1 aromatic heterocycles. The van der Waals surface area contributed by atoms with E-state index >= 15 is 0 Å². The van der Waals surface area contributed by atoms with E-state index in [9.17, 15) is 4.79 Å². The van der Waals surface area contributed by atoms with E-state index in [2.05, 4.69) is 4.98 Å². The molecule has 0 aromatic carbocycles. The van der Waals surface area contributed by atoms with E-state index in [0.717, 1.165) is 0 Å². The fourth-order valence-corrected chi connectivity index (χ4v) is 1.85. The van der Waals surface area contributed by atoms with Gasteiger partial charge in [-0.3, -0.25) is 4.79 Å². The smallest absolute Gasteiger partial charge is 0.173 e. The van der Waals surface area contributed by atoms with E-state index < -0.39 is 0 Å². The Morgan fingerprint density at radius 3 is 2.94 bits per heavy atom. The van der Waals surface area contributed by atoms with Gasteiger partial charge in [0.05, 0.1) is 29.7 Å². The van der Waals surface area contributed by atoms with Gasteiger partial charge in [0, 0.05) is 12.2 Å². The summed E-state index contributed by atoms with van der Waals surface area (Å²) in [5, 5.41) is 0.380. The van der Waals surface area contributed by atoms with Crippen molar-refractivity contribution in [2.45, 2.75) is 6.04 Å². The van der Waals surface area contributed by atoms with Gasteiger partial charge in [0.2, 0.25) is 0 Å². The summed E-state index contributed by atoms with van der Waals surface area (Å²) in [4.78, 5) is 15.9. The minimum Gasteiger partial charge on any atom is -0.383 e. The molecule has 0 saturated carbocycles. The van der Waals surface area contributed by atoms with Crippen LogP contribution in [0.5, 0.6) is 0 Å². The third-order valence-electron chi connectivity index (χ3n) is 2.61. The minimum absolute atomic E-state index is 0.155. The van der Waals surface area contributed by atoms with Crippen LogP contribution in [0.2, 0.25) is 5.02 Å². The number of nitrogens with two attached hydrogens (primary N) is 2. The number of nitrogens with zero attached hydrogens (tertiary/aromatic N) is 1. The first kappa shape index (κ1) is 11.3. The number of ketones is 1. The molecular weight excluding hydrogens is 230 g/mol. The number of nitrogen functional groups attached to an aromatic ring is 1. The maximum Gasteiger partial charge on any atom is 0.173 e. The van der Waals surface area contributed by atoms with Crippen LogP contribution in [0.4, 0.5) is 5.82 Å². The van der Waals surface area contributed by atoms with Gasteiger partial charge in [-0.1, -0.05) is 11.6 Å². The molecule has 2 rings (SSSR count). The summed E-state index contributed by atoms with van der Waals surface area (Å²) in [7, 11) is 0. The summed E-state index contributed by atoms with van der Waals surface area (Å²) < 4.78 is 5.14. The number of pyridine rings is 1. The van der Waals surface area contributed by atoms with Gasteiger partial charge in [0.25, 0.3) is 0 Å². The van der Waals surface area contributed by atoms with Gasteiger partial charge in [-0.15, -0.1) is 0 Å². The van der Waals surface area contributed by atoms with E-state index in [0.29, 0.717) is 23.8 Å². The van der Waals surface area contributed by atoms with Crippen molar-refractivity contribution < 1.29 is 9.53 Å². The highest BCUT2D eigenvalue weighted by molar-refractivity contribution is 6.31. The Hall–Kier alpha value is -1.17. The molecule has 1 fully saturated rings. The average Bonchev–Trinajstić information content (AvgIpc) is 2.67. The number of carbonyl (C=O) groups excluding carboxylic acids is 1. The van der Waals surface area contributed by atoms with Gasteiger partial charge in [-0.25, -0.2) is 4.98 Å². The molecule has 2 heterocycles. The largest absolute Gasteiger partial charge is 0.383 e. The molecule has 2 atom stereocenters. The van der Waals surface area contributed by atoms with Crippen molar-refractivity contribution in [2.24, 2.45) is 11.7 Å². The van der Waals surface area contributed by atoms with Crippen molar-refractivity contribution in [1.29, 1.82) is 0 Å². The molecule has 16 heavy (non-hydrogen) atoms. The Morgan fingerprint density at radius 1 is 1.56 bits per heavy atom. The molecule has 86 valence electrons. The van der Waals surface area contributed by atoms with Crippen molar-refractivity contribution >= 4 is 23.2 Å². The Bertz CT molecular complexity index is 425. The molecule has 0 aliphatic carbocycles. The normalized spacial score (nSPS) is 24.6. The number of ether oxygens (including phenoxy) is 1. The van der Waals surface area contributed by atoms with Crippen LogP contribution in [-0.4, -0.2) is 30.0 Å². The highest BCUT2D eigenvalue weighted by Gasteiger charge is 2.33. The number of aromatic nitrogens is 1. The second-order valence-electron chi connectivity index (χ2n) is 3.76. The van der Waals surface area contributed by atoms with Crippen molar-refractivity contribution in [1.82, 2.24) is 4.98 Å². The lowest BCUT2D eigenvalue weighted by molar-refractivity contribution is 0.0896. The lowest BCUT2D eigenvalue weighted by Crippen LogP contribution is -2.34. The second kappa shape index (κ2) is 4.37. The summed E-state index contributed by atoms with van der Waals surface area (Å²) in [5.41, 5.74) is 11.7. The van der Waals surface area contributed by atoms with Crippen molar-refractivity contribution in [3.05, 3.63) is 22.8 Å². The molecular formula is C10H12ClN3O2. The molecule has 4 N–H and O–H groups in total. The number of rotatable bonds is 2. The first-order valence-corrected chi connectivity index (χ1v) is 5.26. The first-order valence-electron chi connectivity index (χ1n) is 4.88. The zero-order valence-corrected chi connectivity index (χ0v) is 9.28. The maximum absolute atomic E-state index is 12.1. The Morgan fingerprint density at radius 2 is 2.31 bits per heavy atom. The van der Waals surface area contributed by atoms with Crippen LogP contribution in [0.25, 0.3) is 0 Å². The Balaban J connectivity index is 2.29. The maximum atomic E-state index is 12.1. The zero-order valence-electron chi connectivity index (χ0n) is 8.52. The predicted octanol–water partition coefficient (Wildman–Crippen LogP) is 0.474. The zero-order chi connectivity index (χ0) is 11.7. The quantitative estimate of drug-likeness (QED) is 0.735. The van der Waals surface area contributed by atoms with Crippen LogP contribution in [0, 0.1) is 5.92 Å². The molecule has 1 aromatic rings. The lowest BCUT2D eigenvalue weighted by Gasteiger charge is -2.12. The van der Waals surface area contributed by atoms with Crippen LogP contribution in [0.15, 0.2) is 12.3 Å². The van der Waals surface area contributed by atoms with Gasteiger partial charge in [-0.05, 0) is 6.07 Å². The summed E-state index contributed by atoms with van der Waals surface area (Å²) in [6, 6.07) is 1.22. The number of hydrogen-bond acceptors (Lipinski definition) is 5. The van der Waals surface area contributed by atoms with E-state index in [-0.39, 0.29) is 23.6 Å². The molecule has 6 heteroatoms. The number of carbonyl (C=O) groups is 1. The average molecular weight is 242 g/mol. The van der Waals surface area contributed by atoms with Gasteiger partial charge < -0.3 is 16.2 Å². The van der Waals surface area contributed by atoms with Crippen molar-refractivity contribution in [2.75, 3.05) is 18.9 Å². The monoisotopic (exact) mass is 241 g/mol. The molecule has 1 aliphatic rings. The van der Waals surface area contributed by atoms with Crippen LogP contribution in [-0.2, 0) is 4.74 Å². The fourth-order valence-electron chi connectivity index (χ4n) is 1.69. The molecule has 5 nitrogen and oxygen atoms in total. The second-order valence-corrected chi connectivity index (χ2v) is 4.19. The van der Waals surface area contributed by atoms with Crippen molar-refractivity contribution in [3.8, 4) is 0 Å². The summed E-state index contributed by atoms with van der Waals surface area (Å²) in [6.07, 6.45) is 1.40. The Labute approximate surface area is 97.7 Å². The van der Waals surface area contributed by atoms with E-state index in [4.69, 9.17) is 27.8 Å². The molecule has 0 amide bonds. The molecule has 1 aliphatic heterocycles. The summed E-state index contributed by atoms with van der Waals surface area (Å²) in [6.45, 7) is 0.719. The molecule has 1 saturated heterocycles. The lowest BCUT2D eigenvalue weighted by atomic mass is 9.94. The van der Waals surface area contributed by atoms with E-state index in [1.165, 1.54) is 12.3 Å². The minimum atomic E-state index is -0.359. The Kier molecular flexibility index (Phi) is 3.09. The van der Waals surface area contributed by atoms with Gasteiger partial charge in [-0.2, -0.15) is 0 Å². The molecule has 2 unspecified atom stereocenters. The van der Waals surface area contributed by atoms with Gasteiger partial charge >= 0.3 is 0 Å². The predicted molar refractivity (Wildman–Crippen MR) is 60.3 cm³/mol. The van der Waals surface area contributed by atoms with Crippen LogP contribution in [0.1, 0.15) is 10.4 Å². The van der Waals surface area contributed by atoms with E-state index in [1.807, 2.05) is 0 Å². The fraction of sp³-hybridized carbons (Fsp3) is 0.400. The van der Waals surface area contributed by atoms with Crippen LogP contribution in [0.3, 0.4) is 0 Å². The number of Topliss-reactive ketones (excluding diaryl/α,β-unsaturated/α-hetero) is 1. The highest BCUT2D eigenvalue weighted by Crippen LogP contribution is 2.22. The third kappa shape index (κ3) is 2.02. The van der Waals surface area contributed by atoms with Gasteiger partial charge in [0.1, 0.15) is 5.82 Å². The summed E-state index contributed by atoms with van der Waals surface area (Å²) >= 11 is 5.77. The first-order chi connectivity index (χ1) is 7.59. The topological polar surface area (TPSA) is 91.2 Å². The number of hydrogen-bond donors (Lipinski definition) is 2. The van der Waals surface area contributed by atoms with E-state index in [1.54, 1.807) is 0 Å². The molecule has 0 bridgehead atoms. The molecule has 0 spiro atoms. The van der Waals surface area contributed by atoms with Crippen LogP contribution >= 0.6 is 11.6 Å². The van der Waals surface area contributed by atoms with Gasteiger partial charge in [0.15, 0.2) is 5.78 Å². The third-order valence-corrected chi connectivity index (χ3v) is 2.82. The van der Waals surface area contributed by atoms with Crippen LogP contribution < -0.4 is 11.5 Å². The highest BCUT2D eigenvalue weighted by atomic mass is 35.5. The standard InChI is InChI=1S/C10H12ClN3O2/c11-5-1-6(10(13)14-2-5)9(15)7-3-16-4-8(7)12/h1-2,7-8H,3-4,12H2,(H2,13,14). The summed E-state index contributed by atoms with van der Waals surface area (Å²) in [5.74, 6) is -0.339. The number of halogens is 1. The number of anilines is 1. The SMILES string of the molecule is Nc1ncc(Cl)cc1C(=O)C1COCC1N. The molecule has 0 radical (unpaired) electrons. The van der Waals surface area contributed by atoms with Crippen molar-refractivity contribution in [3.63, 3.8) is 0 Å².